The first-order valence-corrected chi connectivity index (χ1v) is 5.89. The lowest BCUT2D eigenvalue weighted by Crippen LogP contribution is -2.09. The third-order valence-corrected chi connectivity index (χ3v) is 2.41. The third kappa shape index (κ3) is 5.55. The van der Waals surface area contributed by atoms with Crippen LogP contribution in [0.2, 0.25) is 0 Å². The van der Waals surface area contributed by atoms with Crippen molar-refractivity contribution >= 4 is 0 Å². The number of rotatable bonds is 9. The van der Waals surface area contributed by atoms with E-state index in [0.29, 0.717) is 38.5 Å². The van der Waals surface area contributed by atoms with Crippen molar-refractivity contribution in [1.29, 1.82) is 0 Å². The van der Waals surface area contributed by atoms with E-state index in [1.54, 1.807) is 19.2 Å². The van der Waals surface area contributed by atoms with E-state index in [9.17, 15) is 4.39 Å². The Labute approximate surface area is 107 Å². The molecular weight excluding hydrogens is 237 g/mol. The van der Waals surface area contributed by atoms with Crippen molar-refractivity contribution in [1.82, 2.24) is 0 Å². The van der Waals surface area contributed by atoms with Gasteiger partial charge in [-0.1, -0.05) is 6.07 Å². The summed E-state index contributed by atoms with van der Waals surface area (Å²) < 4.78 is 28.8. The van der Waals surface area contributed by atoms with Crippen LogP contribution in [-0.4, -0.2) is 33.5 Å². The van der Waals surface area contributed by atoms with Gasteiger partial charge in [0.25, 0.3) is 0 Å². The zero-order valence-electron chi connectivity index (χ0n) is 10.7. The number of hydrogen-bond donors (Lipinski definition) is 1. The smallest absolute Gasteiger partial charge is 0.128 e. The lowest BCUT2D eigenvalue weighted by molar-refractivity contribution is 0.0193. The molecule has 1 aromatic carbocycles. The van der Waals surface area contributed by atoms with Gasteiger partial charge in [-0.05, 0) is 17.7 Å². The molecule has 0 bridgehead atoms. The Bertz CT molecular complexity index is 347. The van der Waals surface area contributed by atoms with Crippen LogP contribution in [0.4, 0.5) is 4.39 Å². The maximum absolute atomic E-state index is 13.4. The average Bonchev–Trinajstić information content (AvgIpc) is 2.39. The van der Waals surface area contributed by atoms with Crippen molar-refractivity contribution in [3.8, 4) is 0 Å². The molecule has 0 aliphatic rings. The highest BCUT2D eigenvalue weighted by atomic mass is 19.1. The van der Waals surface area contributed by atoms with Crippen molar-refractivity contribution < 1.29 is 18.6 Å². The third-order valence-electron chi connectivity index (χ3n) is 2.41. The molecule has 0 saturated carbocycles. The first kappa shape index (κ1) is 15.0. The van der Waals surface area contributed by atoms with Gasteiger partial charge in [-0.15, -0.1) is 0 Å². The minimum Gasteiger partial charge on any atom is -0.382 e. The van der Waals surface area contributed by atoms with E-state index in [0.717, 1.165) is 5.56 Å². The highest BCUT2D eigenvalue weighted by Crippen LogP contribution is 2.11. The predicted molar refractivity (Wildman–Crippen MR) is 66.6 cm³/mol. The SMILES string of the molecule is COCCOCCOCc1cc(CN)ccc1F. The van der Waals surface area contributed by atoms with Crippen molar-refractivity contribution in [3.63, 3.8) is 0 Å². The molecule has 0 radical (unpaired) electrons. The Morgan fingerprint density at radius 3 is 2.56 bits per heavy atom. The van der Waals surface area contributed by atoms with Crippen LogP contribution in [0, 0.1) is 5.82 Å². The fraction of sp³-hybridized carbons (Fsp3) is 0.538. The van der Waals surface area contributed by atoms with E-state index in [1.807, 2.05) is 0 Å². The standard InChI is InChI=1S/C13H20FNO3/c1-16-4-5-17-6-7-18-10-12-8-11(9-15)2-3-13(12)14/h2-3,8H,4-7,9-10,15H2,1H3. The van der Waals surface area contributed by atoms with Gasteiger partial charge >= 0.3 is 0 Å². The lowest BCUT2D eigenvalue weighted by atomic mass is 10.1. The Balaban J connectivity index is 2.22. The lowest BCUT2D eigenvalue weighted by Gasteiger charge is -2.07. The molecule has 0 saturated heterocycles. The zero-order valence-corrected chi connectivity index (χ0v) is 10.7. The van der Waals surface area contributed by atoms with E-state index in [4.69, 9.17) is 19.9 Å². The van der Waals surface area contributed by atoms with Gasteiger partial charge in [0.15, 0.2) is 0 Å². The summed E-state index contributed by atoms with van der Waals surface area (Å²) in [5.41, 5.74) is 6.91. The average molecular weight is 257 g/mol. The maximum atomic E-state index is 13.4. The molecule has 0 aromatic heterocycles. The molecule has 0 atom stereocenters. The van der Waals surface area contributed by atoms with Gasteiger partial charge in [0, 0.05) is 19.2 Å². The molecule has 0 aliphatic heterocycles. The number of methoxy groups -OCH3 is 1. The molecule has 5 heteroatoms. The van der Waals surface area contributed by atoms with Crippen LogP contribution in [0.3, 0.4) is 0 Å². The molecular formula is C13H20FNO3. The molecule has 0 aliphatic carbocycles. The van der Waals surface area contributed by atoms with E-state index in [2.05, 4.69) is 0 Å². The monoisotopic (exact) mass is 257 g/mol. The van der Waals surface area contributed by atoms with Gasteiger partial charge in [0.1, 0.15) is 5.82 Å². The second kappa shape index (κ2) is 8.99. The summed E-state index contributed by atoms with van der Waals surface area (Å²) in [6.45, 7) is 2.63. The summed E-state index contributed by atoms with van der Waals surface area (Å²) in [7, 11) is 1.62. The largest absolute Gasteiger partial charge is 0.382 e. The highest BCUT2D eigenvalue weighted by molar-refractivity contribution is 5.24. The van der Waals surface area contributed by atoms with Gasteiger partial charge < -0.3 is 19.9 Å². The summed E-state index contributed by atoms with van der Waals surface area (Å²) in [6.07, 6.45) is 0. The van der Waals surface area contributed by atoms with Gasteiger partial charge in [0.2, 0.25) is 0 Å². The van der Waals surface area contributed by atoms with E-state index >= 15 is 0 Å². The Morgan fingerprint density at radius 2 is 1.83 bits per heavy atom. The van der Waals surface area contributed by atoms with Gasteiger partial charge in [-0.3, -0.25) is 0 Å². The van der Waals surface area contributed by atoms with Crippen LogP contribution in [0.5, 0.6) is 0 Å². The Kier molecular flexibility index (Phi) is 7.52. The number of hydrogen-bond acceptors (Lipinski definition) is 4. The summed E-state index contributed by atoms with van der Waals surface area (Å²) in [5.74, 6) is -0.271. The zero-order chi connectivity index (χ0) is 13.2. The van der Waals surface area contributed by atoms with Crippen LogP contribution >= 0.6 is 0 Å². The molecule has 4 nitrogen and oxygen atoms in total. The number of halogens is 1. The van der Waals surface area contributed by atoms with Gasteiger partial charge in [-0.25, -0.2) is 4.39 Å². The normalized spacial score (nSPS) is 10.8. The summed E-state index contributed by atoms with van der Waals surface area (Å²) >= 11 is 0. The minimum atomic E-state index is -0.271. The molecule has 1 rings (SSSR count). The second-order valence-electron chi connectivity index (χ2n) is 3.79. The van der Waals surface area contributed by atoms with Gasteiger partial charge in [0.05, 0.1) is 33.0 Å². The van der Waals surface area contributed by atoms with Crippen LogP contribution in [0.1, 0.15) is 11.1 Å². The number of ether oxygens (including phenoxy) is 3. The Hall–Kier alpha value is -1.01. The van der Waals surface area contributed by atoms with Gasteiger partial charge in [-0.2, -0.15) is 0 Å². The van der Waals surface area contributed by atoms with Crippen molar-refractivity contribution in [3.05, 3.63) is 35.1 Å². The molecule has 2 N–H and O–H groups in total. The summed E-state index contributed by atoms with van der Waals surface area (Å²) in [5, 5.41) is 0. The number of benzene rings is 1. The fourth-order valence-electron chi connectivity index (χ4n) is 1.41. The van der Waals surface area contributed by atoms with Crippen LogP contribution in [0.15, 0.2) is 18.2 Å². The topological polar surface area (TPSA) is 53.7 Å². The van der Waals surface area contributed by atoms with Crippen LogP contribution in [0.25, 0.3) is 0 Å². The molecule has 102 valence electrons. The van der Waals surface area contributed by atoms with Crippen molar-refractivity contribution in [2.45, 2.75) is 13.2 Å². The fourth-order valence-corrected chi connectivity index (χ4v) is 1.41. The van der Waals surface area contributed by atoms with E-state index in [1.165, 1.54) is 6.07 Å². The molecule has 18 heavy (non-hydrogen) atoms. The van der Waals surface area contributed by atoms with Crippen LogP contribution in [-0.2, 0) is 27.4 Å². The Morgan fingerprint density at radius 1 is 1.11 bits per heavy atom. The predicted octanol–water partition coefficient (Wildman–Crippen LogP) is 1.46. The van der Waals surface area contributed by atoms with Crippen LogP contribution < -0.4 is 5.73 Å². The molecule has 1 aromatic rings. The minimum absolute atomic E-state index is 0.229. The summed E-state index contributed by atoms with van der Waals surface area (Å²) in [6, 6.07) is 4.81. The van der Waals surface area contributed by atoms with Crippen molar-refractivity contribution in [2.75, 3.05) is 33.5 Å². The molecule has 0 unspecified atom stereocenters. The second-order valence-corrected chi connectivity index (χ2v) is 3.79. The maximum Gasteiger partial charge on any atom is 0.128 e. The molecule has 0 spiro atoms. The first-order valence-electron chi connectivity index (χ1n) is 5.89. The van der Waals surface area contributed by atoms with E-state index < -0.39 is 0 Å². The first-order chi connectivity index (χ1) is 8.77. The van der Waals surface area contributed by atoms with Crippen molar-refractivity contribution in [2.24, 2.45) is 5.73 Å². The molecule has 0 amide bonds. The molecule has 0 heterocycles. The highest BCUT2D eigenvalue weighted by Gasteiger charge is 2.03. The number of nitrogens with two attached hydrogens (primary N) is 1. The summed E-state index contributed by atoms with van der Waals surface area (Å²) in [4.78, 5) is 0. The quantitative estimate of drug-likeness (QED) is 0.681. The molecule has 0 fully saturated rings. The van der Waals surface area contributed by atoms with E-state index in [-0.39, 0.29) is 12.4 Å².